The van der Waals surface area contributed by atoms with Crippen molar-refractivity contribution in [2.45, 2.75) is 52.2 Å². The molecule has 5 nitrogen and oxygen atoms in total. The Morgan fingerprint density at radius 2 is 1.81 bits per heavy atom. The summed E-state index contributed by atoms with van der Waals surface area (Å²) in [5, 5.41) is 1.22. The van der Waals surface area contributed by atoms with E-state index < -0.39 is 0 Å². The van der Waals surface area contributed by atoms with E-state index in [1.165, 1.54) is 36.8 Å². The van der Waals surface area contributed by atoms with Crippen molar-refractivity contribution in [2.75, 3.05) is 37.6 Å². The van der Waals surface area contributed by atoms with Gasteiger partial charge in [-0.15, -0.1) is 0 Å². The highest BCUT2D eigenvalue weighted by molar-refractivity contribution is 5.92. The van der Waals surface area contributed by atoms with Crippen molar-refractivity contribution in [3.8, 4) is 0 Å². The van der Waals surface area contributed by atoms with Crippen molar-refractivity contribution >= 4 is 16.7 Å². The third-order valence-electron chi connectivity index (χ3n) is 6.11. The lowest BCUT2D eigenvalue weighted by atomic mass is 9.93. The van der Waals surface area contributed by atoms with E-state index in [2.05, 4.69) is 58.7 Å². The lowest BCUT2D eigenvalue weighted by molar-refractivity contribution is -0.0690. The van der Waals surface area contributed by atoms with Crippen LogP contribution in [0.5, 0.6) is 0 Å². The largest absolute Gasteiger partial charge is 0.373 e. The molecule has 0 saturated carbocycles. The number of nitrogens with zero attached hydrogens (tertiary/aromatic N) is 4. The minimum Gasteiger partial charge on any atom is -0.373 e. The molecule has 2 fully saturated rings. The molecule has 1 aromatic carbocycles. The lowest BCUT2D eigenvalue weighted by Gasteiger charge is -2.37. The predicted molar refractivity (Wildman–Crippen MR) is 110 cm³/mol. The number of hydrogen-bond donors (Lipinski definition) is 0. The van der Waals surface area contributed by atoms with E-state index in [0.29, 0.717) is 12.2 Å². The highest BCUT2D eigenvalue weighted by Gasteiger charge is 2.25. The fourth-order valence-electron chi connectivity index (χ4n) is 4.77. The molecule has 0 spiro atoms. The van der Waals surface area contributed by atoms with Crippen molar-refractivity contribution in [1.82, 2.24) is 14.9 Å². The summed E-state index contributed by atoms with van der Waals surface area (Å²) >= 11 is 0. The Morgan fingerprint density at radius 3 is 2.56 bits per heavy atom. The van der Waals surface area contributed by atoms with Gasteiger partial charge < -0.3 is 9.64 Å². The van der Waals surface area contributed by atoms with Gasteiger partial charge in [0.2, 0.25) is 0 Å². The molecule has 2 aromatic rings. The number of ether oxygens (including phenoxy) is 1. The molecule has 0 bridgehead atoms. The molecule has 0 amide bonds. The van der Waals surface area contributed by atoms with Crippen LogP contribution in [0.2, 0.25) is 0 Å². The van der Waals surface area contributed by atoms with Crippen LogP contribution < -0.4 is 4.90 Å². The summed E-state index contributed by atoms with van der Waals surface area (Å²) in [4.78, 5) is 14.2. The summed E-state index contributed by atoms with van der Waals surface area (Å²) in [5.74, 6) is 1.94. The van der Waals surface area contributed by atoms with Gasteiger partial charge in [-0.25, -0.2) is 9.97 Å². The van der Waals surface area contributed by atoms with Crippen LogP contribution in [-0.2, 0) is 4.74 Å². The average Bonchev–Trinajstić information content (AvgIpc) is 2.66. The maximum Gasteiger partial charge on any atom is 0.140 e. The van der Waals surface area contributed by atoms with E-state index >= 15 is 0 Å². The second kappa shape index (κ2) is 8.11. The first-order valence-corrected chi connectivity index (χ1v) is 10.4. The van der Waals surface area contributed by atoms with Crippen molar-refractivity contribution in [2.24, 2.45) is 5.92 Å². The maximum absolute atomic E-state index is 5.86. The summed E-state index contributed by atoms with van der Waals surface area (Å²) < 4.78 is 5.86. The van der Waals surface area contributed by atoms with Crippen molar-refractivity contribution in [1.29, 1.82) is 0 Å². The van der Waals surface area contributed by atoms with Crippen LogP contribution in [0.15, 0.2) is 24.5 Å². The van der Waals surface area contributed by atoms with E-state index in [0.717, 1.165) is 43.4 Å². The molecule has 1 aromatic heterocycles. The number of rotatable bonds is 4. The molecule has 2 unspecified atom stereocenters. The molecule has 0 aliphatic carbocycles. The minimum atomic E-state index is 0.366. The van der Waals surface area contributed by atoms with E-state index in [1.54, 1.807) is 6.33 Å². The number of anilines is 1. The number of fused-ring (bicyclic) bond motifs is 1. The number of benzene rings is 1. The van der Waals surface area contributed by atoms with Crippen LogP contribution in [0.1, 0.15) is 38.7 Å². The van der Waals surface area contributed by atoms with E-state index in [4.69, 9.17) is 4.74 Å². The zero-order chi connectivity index (χ0) is 18.8. The number of aromatic nitrogens is 2. The molecule has 27 heavy (non-hydrogen) atoms. The Kier molecular flexibility index (Phi) is 5.60. The maximum atomic E-state index is 5.86. The molecule has 2 aliphatic heterocycles. The van der Waals surface area contributed by atoms with Crippen LogP contribution in [0.25, 0.3) is 10.9 Å². The second-order valence-electron chi connectivity index (χ2n) is 8.40. The Morgan fingerprint density at radius 1 is 1.07 bits per heavy atom. The molecular formula is C22H32N4O. The number of morpholine rings is 1. The van der Waals surface area contributed by atoms with Crippen molar-refractivity contribution in [3.05, 3.63) is 30.1 Å². The SMILES string of the molecule is Cc1cccc2ncnc(N3CCC(CCN4CC(C)OC(C)C4)CC3)c12. The average molecular weight is 369 g/mol. The molecule has 2 saturated heterocycles. The van der Waals surface area contributed by atoms with Gasteiger partial charge in [-0.05, 0) is 64.1 Å². The van der Waals surface area contributed by atoms with Gasteiger partial charge >= 0.3 is 0 Å². The molecular weight excluding hydrogens is 336 g/mol. The fraction of sp³-hybridized carbons (Fsp3) is 0.636. The standard InChI is InChI=1S/C22H32N4O/c1-16-5-4-6-20-21(16)22(24-15-23-20)26-11-8-19(9-12-26)7-10-25-13-17(2)27-18(3)14-25/h4-6,15,17-19H,7-14H2,1-3H3. The third kappa shape index (κ3) is 4.25. The number of piperidine rings is 1. The van der Waals surface area contributed by atoms with Gasteiger partial charge in [0.25, 0.3) is 0 Å². The monoisotopic (exact) mass is 368 g/mol. The fourth-order valence-corrected chi connectivity index (χ4v) is 4.77. The number of hydrogen-bond acceptors (Lipinski definition) is 5. The normalized spacial score (nSPS) is 25.2. The number of aryl methyl sites for hydroxylation is 1. The first kappa shape index (κ1) is 18.6. The zero-order valence-corrected chi connectivity index (χ0v) is 16.9. The van der Waals surface area contributed by atoms with E-state index in [-0.39, 0.29) is 0 Å². The lowest BCUT2D eigenvalue weighted by Crippen LogP contribution is -2.46. The van der Waals surface area contributed by atoms with Crippen LogP contribution in [-0.4, -0.2) is 59.8 Å². The van der Waals surface area contributed by atoms with Gasteiger partial charge in [0.1, 0.15) is 12.1 Å². The van der Waals surface area contributed by atoms with Gasteiger partial charge in [-0.3, -0.25) is 4.90 Å². The molecule has 4 rings (SSSR count). The van der Waals surface area contributed by atoms with Gasteiger partial charge in [0.05, 0.1) is 17.7 Å². The molecule has 2 aliphatic rings. The molecule has 146 valence electrons. The Bertz CT molecular complexity index is 757. The highest BCUT2D eigenvalue weighted by Crippen LogP contribution is 2.30. The van der Waals surface area contributed by atoms with Crippen LogP contribution in [0.3, 0.4) is 0 Å². The third-order valence-corrected chi connectivity index (χ3v) is 6.11. The summed E-state index contributed by atoms with van der Waals surface area (Å²) in [6.45, 7) is 12.1. The molecule has 0 N–H and O–H groups in total. The Labute approximate surface area is 162 Å². The molecule has 5 heteroatoms. The van der Waals surface area contributed by atoms with Gasteiger partial charge in [-0.2, -0.15) is 0 Å². The summed E-state index contributed by atoms with van der Waals surface area (Å²) in [6.07, 6.45) is 6.26. The van der Waals surface area contributed by atoms with Gasteiger partial charge in [0, 0.05) is 31.6 Å². The van der Waals surface area contributed by atoms with Crippen molar-refractivity contribution < 1.29 is 4.74 Å². The zero-order valence-electron chi connectivity index (χ0n) is 16.9. The minimum absolute atomic E-state index is 0.366. The predicted octanol–water partition coefficient (Wildman–Crippen LogP) is 3.65. The van der Waals surface area contributed by atoms with E-state index in [9.17, 15) is 0 Å². The van der Waals surface area contributed by atoms with Crippen LogP contribution >= 0.6 is 0 Å². The summed E-state index contributed by atoms with van der Waals surface area (Å²) in [5.41, 5.74) is 2.32. The quantitative estimate of drug-likeness (QED) is 0.824. The highest BCUT2D eigenvalue weighted by atomic mass is 16.5. The van der Waals surface area contributed by atoms with Crippen LogP contribution in [0, 0.1) is 12.8 Å². The first-order valence-electron chi connectivity index (χ1n) is 10.4. The molecule has 3 heterocycles. The molecule has 0 radical (unpaired) electrons. The topological polar surface area (TPSA) is 41.5 Å². The smallest absolute Gasteiger partial charge is 0.140 e. The van der Waals surface area contributed by atoms with Gasteiger partial charge in [-0.1, -0.05) is 12.1 Å². The summed E-state index contributed by atoms with van der Waals surface area (Å²) in [6, 6.07) is 6.32. The summed E-state index contributed by atoms with van der Waals surface area (Å²) in [7, 11) is 0. The van der Waals surface area contributed by atoms with Crippen LogP contribution in [0.4, 0.5) is 5.82 Å². The molecule has 2 atom stereocenters. The van der Waals surface area contributed by atoms with Crippen molar-refractivity contribution in [3.63, 3.8) is 0 Å². The van der Waals surface area contributed by atoms with Gasteiger partial charge in [0.15, 0.2) is 0 Å². The Hall–Kier alpha value is -1.72. The first-order chi connectivity index (χ1) is 13.1. The second-order valence-corrected chi connectivity index (χ2v) is 8.40. The van der Waals surface area contributed by atoms with E-state index in [1.807, 2.05) is 0 Å². The Balaban J connectivity index is 1.34.